The second-order valence-electron chi connectivity index (χ2n) is 4.47. The summed E-state index contributed by atoms with van der Waals surface area (Å²) in [5, 5.41) is 2.90. The van der Waals surface area contributed by atoms with Crippen LogP contribution in [0.5, 0.6) is 0 Å². The largest absolute Gasteiger partial charge is 0.314 e. The van der Waals surface area contributed by atoms with Crippen molar-refractivity contribution in [1.82, 2.24) is 9.62 Å². The average Bonchev–Trinajstić information content (AvgIpc) is 2.36. The minimum absolute atomic E-state index is 0.0229. The molecule has 1 unspecified atom stereocenters. The van der Waals surface area contributed by atoms with Crippen LogP contribution >= 0.6 is 0 Å². The molecule has 1 aliphatic heterocycles. The summed E-state index contributed by atoms with van der Waals surface area (Å²) < 4.78 is 78.8. The summed E-state index contributed by atoms with van der Waals surface area (Å²) in [4.78, 5) is -1.58. The lowest BCUT2D eigenvalue weighted by atomic mass is 10.3. The van der Waals surface area contributed by atoms with Gasteiger partial charge in [0.2, 0.25) is 10.0 Å². The molecule has 1 atom stereocenters. The summed E-state index contributed by atoms with van der Waals surface area (Å²) in [5.41, 5.74) is 0. The minimum Gasteiger partial charge on any atom is -0.314 e. The molecule has 1 aromatic rings. The number of hydrogen-bond donors (Lipinski definition) is 1. The molecular weight excluding hydrogens is 300 g/mol. The molecule has 0 aromatic heterocycles. The van der Waals surface area contributed by atoms with Crippen LogP contribution in [-0.4, -0.2) is 38.4 Å². The zero-order valence-corrected chi connectivity index (χ0v) is 11.3. The molecule has 1 heterocycles. The molecule has 0 radical (unpaired) electrons. The van der Waals surface area contributed by atoms with Gasteiger partial charge in [-0.1, -0.05) is 0 Å². The molecule has 9 heteroatoms. The molecule has 1 saturated heterocycles. The standard InChI is InChI=1S/C11H12F4N2O2S/c1-6-5-16-2-3-17(6)20(18,19)11-9(14)7(12)4-8(13)10(11)15/h4,6,16H,2-3,5H2,1H3. The van der Waals surface area contributed by atoms with Gasteiger partial charge in [-0.3, -0.25) is 0 Å². The molecule has 20 heavy (non-hydrogen) atoms. The highest BCUT2D eigenvalue weighted by Crippen LogP contribution is 2.28. The van der Waals surface area contributed by atoms with E-state index in [1.54, 1.807) is 0 Å². The van der Waals surface area contributed by atoms with Crippen LogP contribution in [0.4, 0.5) is 17.6 Å². The third-order valence-electron chi connectivity index (χ3n) is 3.08. The minimum atomic E-state index is -4.65. The van der Waals surface area contributed by atoms with Crippen LogP contribution in [-0.2, 0) is 10.0 Å². The van der Waals surface area contributed by atoms with Crippen LogP contribution < -0.4 is 5.32 Å². The maximum absolute atomic E-state index is 13.6. The van der Waals surface area contributed by atoms with Gasteiger partial charge in [-0.2, -0.15) is 4.31 Å². The summed E-state index contributed by atoms with van der Waals surface area (Å²) in [6.45, 7) is 2.04. The Morgan fingerprint density at radius 3 is 2.25 bits per heavy atom. The molecule has 112 valence electrons. The number of hydrogen-bond acceptors (Lipinski definition) is 3. The number of sulfonamides is 1. The van der Waals surface area contributed by atoms with E-state index < -0.39 is 44.2 Å². The van der Waals surface area contributed by atoms with Gasteiger partial charge in [-0.15, -0.1) is 0 Å². The molecule has 4 nitrogen and oxygen atoms in total. The number of piperazine rings is 1. The maximum Gasteiger partial charge on any atom is 0.249 e. The molecule has 0 amide bonds. The van der Waals surface area contributed by atoms with Crippen LogP contribution in [0.3, 0.4) is 0 Å². The first-order chi connectivity index (χ1) is 9.26. The van der Waals surface area contributed by atoms with E-state index in [2.05, 4.69) is 5.32 Å². The monoisotopic (exact) mass is 312 g/mol. The van der Waals surface area contributed by atoms with E-state index in [4.69, 9.17) is 0 Å². The average molecular weight is 312 g/mol. The Morgan fingerprint density at radius 1 is 1.20 bits per heavy atom. The Labute approximate surface area is 113 Å². The fourth-order valence-electron chi connectivity index (χ4n) is 2.07. The van der Waals surface area contributed by atoms with Gasteiger partial charge < -0.3 is 5.32 Å². The highest BCUT2D eigenvalue weighted by Gasteiger charge is 2.37. The van der Waals surface area contributed by atoms with Gasteiger partial charge in [0.25, 0.3) is 0 Å². The van der Waals surface area contributed by atoms with E-state index in [1.165, 1.54) is 6.92 Å². The van der Waals surface area contributed by atoms with E-state index in [-0.39, 0.29) is 25.7 Å². The van der Waals surface area contributed by atoms with E-state index in [0.29, 0.717) is 0 Å². The van der Waals surface area contributed by atoms with Crippen molar-refractivity contribution >= 4 is 10.0 Å². The Balaban J connectivity index is 2.60. The fourth-order valence-corrected chi connectivity index (χ4v) is 3.84. The van der Waals surface area contributed by atoms with Gasteiger partial charge in [-0.25, -0.2) is 26.0 Å². The van der Waals surface area contributed by atoms with Crippen molar-refractivity contribution < 1.29 is 26.0 Å². The van der Waals surface area contributed by atoms with E-state index in [1.807, 2.05) is 0 Å². The smallest absolute Gasteiger partial charge is 0.249 e. The van der Waals surface area contributed by atoms with Gasteiger partial charge in [0.05, 0.1) is 0 Å². The molecule has 0 spiro atoms. The van der Waals surface area contributed by atoms with Gasteiger partial charge in [-0.05, 0) is 6.92 Å². The van der Waals surface area contributed by atoms with E-state index >= 15 is 0 Å². The van der Waals surface area contributed by atoms with Crippen molar-refractivity contribution in [1.29, 1.82) is 0 Å². The second-order valence-corrected chi connectivity index (χ2v) is 6.29. The highest BCUT2D eigenvalue weighted by molar-refractivity contribution is 7.89. The predicted octanol–water partition coefficient (Wildman–Crippen LogP) is 1.23. The lowest BCUT2D eigenvalue weighted by molar-refractivity contribution is 0.280. The lowest BCUT2D eigenvalue weighted by Crippen LogP contribution is -2.52. The number of rotatable bonds is 2. The molecule has 0 saturated carbocycles. The highest BCUT2D eigenvalue weighted by atomic mass is 32.2. The molecule has 2 rings (SSSR count). The van der Waals surface area contributed by atoms with Crippen LogP contribution in [0.1, 0.15) is 6.92 Å². The molecule has 1 aromatic carbocycles. The maximum atomic E-state index is 13.6. The summed E-state index contributed by atoms with van der Waals surface area (Å²) in [5.74, 6) is -7.31. The molecule has 1 aliphatic rings. The fraction of sp³-hybridized carbons (Fsp3) is 0.455. The molecule has 1 N–H and O–H groups in total. The van der Waals surface area contributed by atoms with Crippen LogP contribution in [0.15, 0.2) is 11.0 Å². The lowest BCUT2D eigenvalue weighted by Gasteiger charge is -2.32. The third kappa shape index (κ3) is 2.40. The number of benzene rings is 1. The van der Waals surface area contributed by atoms with Crippen molar-refractivity contribution in [2.75, 3.05) is 19.6 Å². The van der Waals surface area contributed by atoms with Crippen LogP contribution in [0, 0.1) is 23.3 Å². The van der Waals surface area contributed by atoms with E-state index in [9.17, 15) is 26.0 Å². The van der Waals surface area contributed by atoms with Crippen molar-refractivity contribution in [2.24, 2.45) is 0 Å². The van der Waals surface area contributed by atoms with Gasteiger partial charge >= 0.3 is 0 Å². The molecule has 0 aliphatic carbocycles. The van der Waals surface area contributed by atoms with Crippen molar-refractivity contribution in [3.8, 4) is 0 Å². The molecule has 0 bridgehead atoms. The van der Waals surface area contributed by atoms with Gasteiger partial charge in [0.15, 0.2) is 28.2 Å². The molecular formula is C11H12F4N2O2S. The second kappa shape index (κ2) is 5.30. The Hall–Kier alpha value is -1.19. The quantitative estimate of drug-likeness (QED) is 0.660. The van der Waals surface area contributed by atoms with E-state index in [0.717, 1.165) is 4.31 Å². The van der Waals surface area contributed by atoms with Gasteiger partial charge in [0.1, 0.15) is 0 Å². The summed E-state index contributed by atoms with van der Waals surface area (Å²) >= 11 is 0. The SMILES string of the molecule is CC1CNCCN1S(=O)(=O)c1c(F)c(F)cc(F)c1F. The third-order valence-corrected chi connectivity index (χ3v) is 5.11. The van der Waals surface area contributed by atoms with Crippen molar-refractivity contribution in [2.45, 2.75) is 17.9 Å². The summed E-state index contributed by atoms with van der Waals surface area (Å²) in [7, 11) is -4.65. The Bertz CT molecular complexity index is 610. The normalized spacial score (nSPS) is 21.1. The first-order valence-corrected chi connectivity index (χ1v) is 7.26. The summed E-state index contributed by atoms with van der Waals surface area (Å²) in [6, 6.07) is -0.607. The predicted molar refractivity (Wildman–Crippen MR) is 62.5 cm³/mol. The van der Waals surface area contributed by atoms with Crippen molar-refractivity contribution in [3.05, 3.63) is 29.3 Å². The molecule has 1 fully saturated rings. The first kappa shape index (κ1) is 15.2. The topological polar surface area (TPSA) is 49.4 Å². The Morgan fingerprint density at radius 2 is 1.75 bits per heavy atom. The number of halogens is 4. The van der Waals surface area contributed by atoms with Crippen LogP contribution in [0.25, 0.3) is 0 Å². The summed E-state index contributed by atoms with van der Waals surface area (Å²) in [6.07, 6.45) is 0. The zero-order chi connectivity index (χ0) is 15.1. The number of nitrogens with one attached hydrogen (secondary N) is 1. The zero-order valence-electron chi connectivity index (χ0n) is 10.5. The first-order valence-electron chi connectivity index (χ1n) is 5.82. The van der Waals surface area contributed by atoms with Crippen molar-refractivity contribution in [3.63, 3.8) is 0 Å². The number of nitrogens with zero attached hydrogens (tertiary/aromatic N) is 1. The Kier molecular flexibility index (Phi) is 4.03. The van der Waals surface area contributed by atoms with Gasteiger partial charge in [0, 0.05) is 31.7 Å². The van der Waals surface area contributed by atoms with Crippen LogP contribution in [0.2, 0.25) is 0 Å².